The van der Waals surface area contributed by atoms with Crippen molar-refractivity contribution in [2.75, 3.05) is 11.9 Å². The maximum atomic E-state index is 12.7. The number of carbonyl (C=O) groups excluding carboxylic acids is 2. The van der Waals surface area contributed by atoms with E-state index in [4.69, 9.17) is 0 Å². The summed E-state index contributed by atoms with van der Waals surface area (Å²) in [5, 5.41) is 15.0. The first-order valence-electron chi connectivity index (χ1n) is 5.95. The van der Waals surface area contributed by atoms with Crippen LogP contribution in [0.25, 0.3) is 0 Å². The van der Waals surface area contributed by atoms with E-state index < -0.39 is 11.9 Å². The van der Waals surface area contributed by atoms with Gasteiger partial charge in [0, 0.05) is 6.54 Å². The van der Waals surface area contributed by atoms with Crippen molar-refractivity contribution >= 4 is 28.4 Å². The number of amides is 3. The minimum atomic E-state index is -0.494. The number of hydrogen-bond acceptors (Lipinski definition) is 5. The van der Waals surface area contributed by atoms with E-state index in [9.17, 15) is 14.0 Å². The molecule has 1 heterocycles. The van der Waals surface area contributed by atoms with E-state index >= 15 is 0 Å². The lowest BCUT2D eigenvalue weighted by molar-refractivity contribution is -0.115. The Bertz CT molecular complexity index is 603. The zero-order valence-electron chi connectivity index (χ0n) is 10.8. The van der Waals surface area contributed by atoms with Gasteiger partial charge in [-0.2, -0.15) is 0 Å². The lowest BCUT2D eigenvalue weighted by atomic mass is 10.2. The number of nitrogens with zero attached hydrogens (tertiary/aromatic N) is 2. The summed E-state index contributed by atoms with van der Waals surface area (Å²) >= 11 is 1.18. The molecule has 2 aromatic rings. The minimum Gasteiger partial charge on any atom is -0.334 e. The molecule has 0 unspecified atom stereocenters. The van der Waals surface area contributed by atoms with Gasteiger partial charge in [0.2, 0.25) is 11.0 Å². The van der Waals surface area contributed by atoms with Gasteiger partial charge in [0.05, 0.1) is 6.54 Å². The van der Waals surface area contributed by atoms with Crippen LogP contribution in [0.2, 0.25) is 0 Å². The summed E-state index contributed by atoms with van der Waals surface area (Å²) in [4.78, 5) is 23.0. The second-order valence-electron chi connectivity index (χ2n) is 3.95. The molecule has 0 fully saturated rings. The molecule has 0 bridgehead atoms. The number of halogens is 1. The third-order valence-electron chi connectivity index (χ3n) is 2.38. The SMILES string of the molecule is O=C(CNC(=O)NCc1ccc(F)cc1)Nc1nncs1. The Kier molecular flexibility index (Phi) is 5.16. The fourth-order valence-electron chi connectivity index (χ4n) is 1.40. The molecule has 2 rings (SSSR count). The number of benzene rings is 1. The molecule has 0 aliphatic rings. The van der Waals surface area contributed by atoms with E-state index in [2.05, 4.69) is 26.1 Å². The Labute approximate surface area is 123 Å². The zero-order chi connectivity index (χ0) is 15.1. The minimum absolute atomic E-state index is 0.186. The Morgan fingerprint density at radius 2 is 1.95 bits per heavy atom. The number of hydrogen-bond donors (Lipinski definition) is 3. The number of rotatable bonds is 5. The molecule has 0 spiro atoms. The van der Waals surface area contributed by atoms with Crippen LogP contribution in [0, 0.1) is 5.82 Å². The highest BCUT2D eigenvalue weighted by molar-refractivity contribution is 7.13. The fourth-order valence-corrected chi connectivity index (χ4v) is 1.86. The number of urea groups is 1. The quantitative estimate of drug-likeness (QED) is 0.771. The third-order valence-corrected chi connectivity index (χ3v) is 2.99. The second-order valence-corrected chi connectivity index (χ2v) is 4.79. The van der Waals surface area contributed by atoms with Gasteiger partial charge in [-0.1, -0.05) is 23.5 Å². The zero-order valence-corrected chi connectivity index (χ0v) is 11.6. The van der Waals surface area contributed by atoms with E-state index in [0.717, 1.165) is 5.56 Å². The van der Waals surface area contributed by atoms with Crippen LogP contribution in [-0.2, 0) is 11.3 Å². The van der Waals surface area contributed by atoms with Crippen LogP contribution < -0.4 is 16.0 Å². The van der Waals surface area contributed by atoms with E-state index in [-0.39, 0.29) is 18.9 Å². The summed E-state index contributed by atoms with van der Waals surface area (Å²) in [6.45, 7) is 0.0545. The van der Waals surface area contributed by atoms with Gasteiger partial charge in [-0.15, -0.1) is 10.2 Å². The lowest BCUT2D eigenvalue weighted by Gasteiger charge is -2.07. The predicted molar refractivity (Wildman–Crippen MR) is 75.2 cm³/mol. The summed E-state index contributed by atoms with van der Waals surface area (Å²) in [5.41, 5.74) is 2.24. The van der Waals surface area contributed by atoms with Crippen LogP contribution in [-0.4, -0.2) is 28.7 Å². The van der Waals surface area contributed by atoms with Gasteiger partial charge in [-0.3, -0.25) is 10.1 Å². The molecule has 1 aromatic carbocycles. The number of nitrogens with one attached hydrogen (secondary N) is 3. The molecule has 110 valence electrons. The summed E-state index contributed by atoms with van der Waals surface area (Å²) < 4.78 is 12.7. The normalized spacial score (nSPS) is 9.95. The molecule has 0 atom stereocenters. The first-order valence-corrected chi connectivity index (χ1v) is 6.83. The van der Waals surface area contributed by atoms with Crippen LogP contribution in [0.15, 0.2) is 29.8 Å². The summed E-state index contributed by atoms with van der Waals surface area (Å²) in [5.74, 6) is -0.736. The lowest BCUT2D eigenvalue weighted by Crippen LogP contribution is -2.39. The highest BCUT2D eigenvalue weighted by Gasteiger charge is 2.07. The van der Waals surface area contributed by atoms with E-state index in [1.54, 1.807) is 12.1 Å². The van der Waals surface area contributed by atoms with Gasteiger partial charge >= 0.3 is 6.03 Å². The second kappa shape index (κ2) is 7.29. The van der Waals surface area contributed by atoms with Crippen molar-refractivity contribution < 1.29 is 14.0 Å². The highest BCUT2D eigenvalue weighted by atomic mass is 32.1. The standard InChI is InChI=1S/C12H12FN5O2S/c13-9-3-1-8(2-4-9)5-14-11(20)15-6-10(19)17-12-18-16-7-21-12/h1-4,7H,5-6H2,(H2,14,15,20)(H,17,18,19). The van der Waals surface area contributed by atoms with Crippen molar-refractivity contribution in [1.29, 1.82) is 0 Å². The maximum Gasteiger partial charge on any atom is 0.315 e. The van der Waals surface area contributed by atoms with Gasteiger partial charge in [-0.05, 0) is 17.7 Å². The van der Waals surface area contributed by atoms with E-state index in [0.29, 0.717) is 5.13 Å². The molecule has 0 saturated heterocycles. The van der Waals surface area contributed by atoms with Crippen molar-refractivity contribution in [2.45, 2.75) is 6.54 Å². The molecule has 0 aliphatic heterocycles. The molecule has 1 aromatic heterocycles. The number of carbonyl (C=O) groups is 2. The fraction of sp³-hybridized carbons (Fsp3) is 0.167. The first kappa shape index (κ1) is 14.9. The molecule has 9 heteroatoms. The van der Waals surface area contributed by atoms with Gasteiger partial charge in [0.1, 0.15) is 11.3 Å². The Morgan fingerprint density at radius 1 is 1.19 bits per heavy atom. The van der Waals surface area contributed by atoms with Gasteiger partial charge in [0.25, 0.3) is 0 Å². The topological polar surface area (TPSA) is 96.0 Å². The van der Waals surface area contributed by atoms with E-state index in [1.807, 2.05) is 0 Å². The average molecular weight is 309 g/mol. The molecule has 0 aliphatic carbocycles. The molecule has 0 radical (unpaired) electrons. The predicted octanol–water partition coefficient (Wildman–Crippen LogP) is 1.12. The Morgan fingerprint density at radius 3 is 2.62 bits per heavy atom. The largest absolute Gasteiger partial charge is 0.334 e. The Balaban J connectivity index is 1.67. The molecule has 3 N–H and O–H groups in total. The maximum absolute atomic E-state index is 12.7. The number of aromatic nitrogens is 2. The molecule has 21 heavy (non-hydrogen) atoms. The average Bonchev–Trinajstić information content (AvgIpc) is 2.97. The van der Waals surface area contributed by atoms with Crippen LogP contribution in [0.5, 0.6) is 0 Å². The highest BCUT2D eigenvalue weighted by Crippen LogP contribution is 2.06. The van der Waals surface area contributed by atoms with Crippen LogP contribution in [0.3, 0.4) is 0 Å². The van der Waals surface area contributed by atoms with Crippen LogP contribution >= 0.6 is 11.3 Å². The molecular formula is C12H12FN5O2S. The van der Waals surface area contributed by atoms with Crippen molar-refractivity contribution in [3.05, 3.63) is 41.2 Å². The Hall–Kier alpha value is -2.55. The smallest absolute Gasteiger partial charge is 0.315 e. The monoisotopic (exact) mass is 309 g/mol. The van der Waals surface area contributed by atoms with Crippen molar-refractivity contribution in [2.24, 2.45) is 0 Å². The van der Waals surface area contributed by atoms with Gasteiger partial charge < -0.3 is 10.6 Å². The van der Waals surface area contributed by atoms with Crippen LogP contribution in [0.1, 0.15) is 5.56 Å². The van der Waals surface area contributed by atoms with Crippen LogP contribution in [0.4, 0.5) is 14.3 Å². The van der Waals surface area contributed by atoms with Crippen molar-refractivity contribution in [1.82, 2.24) is 20.8 Å². The van der Waals surface area contributed by atoms with Crippen molar-refractivity contribution in [3.8, 4) is 0 Å². The number of anilines is 1. The molecule has 0 saturated carbocycles. The summed E-state index contributed by atoms with van der Waals surface area (Å²) in [6.07, 6.45) is 0. The van der Waals surface area contributed by atoms with Crippen molar-refractivity contribution in [3.63, 3.8) is 0 Å². The third kappa shape index (κ3) is 5.15. The first-order chi connectivity index (χ1) is 10.1. The summed E-state index contributed by atoms with van der Waals surface area (Å²) in [6, 6.07) is 5.26. The van der Waals surface area contributed by atoms with Gasteiger partial charge in [-0.25, -0.2) is 9.18 Å². The molecular weight excluding hydrogens is 297 g/mol. The molecule has 7 nitrogen and oxygen atoms in total. The van der Waals surface area contributed by atoms with Gasteiger partial charge in [0.15, 0.2) is 0 Å². The summed E-state index contributed by atoms with van der Waals surface area (Å²) in [7, 11) is 0. The molecule has 3 amide bonds. The van der Waals surface area contributed by atoms with E-state index in [1.165, 1.54) is 29.0 Å².